The number of nitrogens with zero attached hydrogens (tertiary/aromatic N) is 1. The molecule has 0 aromatic heterocycles. The molecule has 1 aliphatic carbocycles. The first-order chi connectivity index (χ1) is 14.5. The van der Waals surface area contributed by atoms with Crippen LogP contribution >= 0.6 is 0 Å². The standard InChI is InChI=1S/C25H26N2O3/c1-15-9-4-6-11-18(15)27-25(29)22-16(2)26-19-12-8-13-20(28)24(19)23(22)17-10-5-7-14-21(17)30-3/h4-7,9-11,14,22-23H,8,12-13H2,1-3H3,(H,27,29)/t22?,23-/m0/s1. The number of amides is 1. The van der Waals surface area contributed by atoms with Gasteiger partial charge in [0, 0.05) is 40.6 Å². The highest BCUT2D eigenvalue weighted by atomic mass is 16.5. The molecule has 0 radical (unpaired) electrons. The summed E-state index contributed by atoms with van der Waals surface area (Å²) in [6, 6.07) is 15.3. The quantitative estimate of drug-likeness (QED) is 0.797. The van der Waals surface area contributed by atoms with Gasteiger partial charge in [0.1, 0.15) is 5.75 Å². The molecule has 5 heteroatoms. The summed E-state index contributed by atoms with van der Waals surface area (Å²) in [7, 11) is 1.61. The number of para-hydroxylation sites is 2. The van der Waals surface area contributed by atoms with Crippen LogP contribution in [0.1, 0.15) is 43.2 Å². The zero-order valence-corrected chi connectivity index (χ0v) is 17.6. The van der Waals surface area contributed by atoms with E-state index in [9.17, 15) is 9.59 Å². The lowest BCUT2D eigenvalue weighted by Crippen LogP contribution is -2.39. The topological polar surface area (TPSA) is 67.8 Å². The van der Waals surface area contributed by atoms with E-state index in [1.54, 1.807) is 7.11 Å². The van der Waals surface area contributed by atoms with Gasteiger partial charge in [0.2, 0.25) is 5.91 Å². The molecule has 0 fully saturated rings. The van der Waals surface area contributed by atoms with Crippen molar-refractivity contribution in [3.8, 4) is 5.75 Å². The Kier molecular flexibility index (Phi) is 5.53. The van der Waals surface area contributed by atoms with Crippen LogP contribution in [-0.2, 0) is 9.59 Å². The molecule has 1 heterocycles. The minimum Gasteiger partial charge on any atom is -0.496 e. The van der Waals surface area contributed by atoms with E-state index in [4.69, 9.17) is 9.73 Å². The number of ketones is 1. The second-order valence-corrected chi connectivity index (χ2v) is 7.89. The highest BCUT2D eigenvalue weighted by Gasteiger charge is 2.43. The molecule has 0 saturated heterocycles. The molecular weight excluding hydrogens is 376 g/mol. The molecule has 2 aliphatic rings. The Morgan fingerprint density at radius 2 is 1.80 bits per heavy atom. The Labute approximate surface area is 176 Å². The SMILES string of the molecule is COc1ccccc1[C@@H]1C2=C(CCCC2=O)N=C(C)C1C(=O)Nc1ccccc1C. The largest absolute Gasteiger partial charge is 0.496 e. The van der Waals surface area contributed by atoms with E-state index in [-0.39, 0.29) is 11.7 Å². The number of methoxy groups -OCH3 is 1. The van der Waals surface area contributed by atoms with Gasteiger partial charge in [0.05, 0.1) is 13.0 Å². The van der Waals surface area contributed by atoms with Gasteiger partial charge in [0.25, 0.3) is 0 Å². The van der Waals surface area contributed by atoms with Gasteiger partial charge >= 0.3 is 0 Å². The molecule has 2 atom stereocenters. The molecule has 4 rings (SSSR count). The summed E-state index contributed by atoms with van der Waals surface area (Å²) in [5.41, 5.74) is 4.82. The zero-order chi connectivity index (χ0) is 21.3. The summed E-state index contributed by atoms with van der Waals surface area (Å²) in [5.74, 6) is -0.397. The molecule has 0 saturated carbocycles. The maximum absolute atomic E-state index is 13.5. The number of hydrogen-bond acceptors (Lipinski definition) is 4. The molecule has 0 bridgehead atoms. The van der Waals surface area contributed by atoms with Crippen molar-refractivity contribution in [3.63, 3.8) is 0 Å². The number of Topliss-reactive ketones (excluding diaryl/α,β-unsaturated/α-hetero) is 1. The monoisotopic (exact) mass is 402 g/mol. The molecule has 2 aromatic carbocycles. The summed E-state index contributed by atoms with van der Waals surface area (Å²) >= 11 is 0. The normalized spacial score (nSPS) is 21.0. The summed E-state index contributed by atoms with van der Waals surface area (Å²) < 4.78 is 5.61. The Morgan fingerprint density at radius 3 is 2.57 bits per heavy atom. The van der Waals surface area contributed by atoms with Gasteiger partial charge in [-0.1, -0.05) is 36.4 Å². The number of anilines is 1. The van der Waals surface area contributed by atoms with Crippen LogP contribution in [0.5, 0.6) is 5.75 Å². The number of carbonyl (C=O) groups excluding carboxylic acids is 2. The third-order valence-electron chi connectivity index (χ3n) is 5.99. The van der Waals surface area contributed by atoms with Gasteiger partial charge in [-0.3, -0.25) is 14.6 Å². The molecule has 1 amide bonds. The van der Waals surface area contributed by atoms with E-state index >= 15 is 0 Å². The van der Waals surface area contributed by atoms with Crippen molar-refractivity contribution in [2.45, 2.75) is 39.0 Å². The average molecular weight is 402 g/mol. The summed E-state index contributed by atoms with van der Waals surface area (Å²) in [6.07, 6.45) is 2.05. The van der Waals surface area contributed by atoms with E-state index in [1.165, 1.54) is 0 Å². The first-order valence-corrected chi connectivity index (χ1v) is 10.3. The molecule has 1 unspecified atom stereocenters. The maximum Gasteiger partial charge on any atom is 0.234 e. The maximum atomic E-state index is 13.5. The fourth-order valence-electron chi connectivity index (χ4n) is 4.53. The number of aryl methyl sites for hydroxylation is 1. The number of allylic oxidation sites excluding steroid dienone is 2. The van der Waals surface area contributed by atoms with Gasteiger partial charge in [-0.05, 0) is 44.4 Å². The molecule has 5 nitrogen and oxygen atoms in total. The molecule has 2 aromatic rings. The van der Waals surface area contributed by atoms with Crippen LogP contribution in [0, 0.1) is 12.8 Å². The van der Waals surface area contributed by atoms with E-state index in [0.29, 0.717) is 17.7 Å². The van der Waals surface area contributed by atoms with Crippen molar-refractivity contribution in [1.29, 1.82) is 0 Å². The highest BCUT2D eigenvalue weighted by Crippen LogP contribution is 2.46. The summed E-state index contributed by atoms with van der Waals surface area (Å²) in [6.45, 7) is 3.84. The molecule has 1 N–H and O–H groups in total. The van der Waals surface area contributed by atoms with Crippen molar-refractivity contribution in [2.24, 2.45) is 10.9 Å². The van der Waals surface area contributed by atoms with Gasteiger partial charge in [-0.15, -0.1) is 0 Å². The zero-order valence-electron chi connectivity index (χ0n) is 17.6. The van der Waals surface area contributed by atoms with E-state index in [1.807, 2.05) is 62.4 Å². The number of nitrogens with one attached hydrogen (secondary N) is 1. The second kappa shape index (κ2) is 8.27. The Balaban J connectivity index is 1.82. The van der Waals surface area contributed by atoms with Crippen LogP contribution in [0.4, 0.5) is 5.69 Å². The number of hydrogen-bond donors (Lipinski definition) is 1. The van der Waals surface area contributed by atoms with Crippen molar-refractivity contribution < 1.29 is 14.3 Å². The number of benzene rings is 2. The Bertz CT molecular complexity index is 1070. The van der Waals surface area contributed by atoms with E-state index < -0.39 is 11.8 Å². The lowest BCUT2D eigenvalue weighted by molar-refractivity contribution is -0.119. The first kappa shape index (κ1) is 20.1. The minimum atomic E-state index is -0.582. The van der Waals surface area contributed by atoms with Gasteiger partial charge in [-0.2, -0.15) is 0 Å². The first-order valence-electron chi connectivity index (χ1n) is 10.3. The molecule has 154 valence electrons. The molecule has 1 aliphatic heterocycles. The average Bonchev–Trinajstić information content (AvgIpc) is 2.74. The predicted molar refractivity (Wildman–Crippen MR) is 118 cm³/mol. The molecule has 30 heavy (non-hydrogen) atoms. The second-order valence-electron chi connectivity index (χ2n) is 7.89. The van der Waals surface area contributed by atoms with Crippen LogP contribution in [-0.4, -0.2) is 24.5 Å². The van der Waals surface area contributed by atoms with Crippen LogP contribution in [0.2, 0.25) is 0 Å². The van der Waals surface area contributed by atoms with Crippen molar-refractivity contribution in [3.05, 3.63) is 70.9 Å². The third-order valence-corrected chi connectivity index (χ3v) is 5.99. The summed E-state index contributed by atoms with van der Waals surface area (Å²) in [4.78, 5) is 31.3. The minimum absolute atomic E-state index is 0.0806. The van der Waals surface area contributed by atoms with Gasteiger partial charge < -0.3 is 10.1 Å². The fraction of sp³-hybridized carbons (Fsp3) is 0.320. The number of rotatable bonds is 4. The molecule has 0 spiro atoms. The van der Waals surface area contributed by atoms with Crippen LogP contribution in [0.3, 0.4) is 0 Å². The molecular formula is C25H26N2O3. The van der Waals surface area contributed by atoms with E-state index in [2.05, 4.69) is 5.32 Å². The number of ether oxygens (including phenoxy) is 1. The fourth-order valence-corrected chi connectivity index (χ4v) is 4.53. The van der Waals surface area contributed by atoms with Crippen LogP contribution < -0.4 is 10.1 Å². The highest BCUT2D eigenvalue weighted by molar-refractivity contribution is 6.13. The van der Waals surface area contributed by atoms with Gasteiger partial charge in [0.15, 0.2) is 5.78 Å². The Morgan fingerprint density at radius 1 is 1.07 bits per heavy atom. The Hall–Kier alpha value is -3.21. The lowest BCUT2D eigenvalue weighted by Gasteiger charge is -2.35. The third kappa shape index (κ3) is 3.56. The summed E-state index contributed by atoms with van der Waals surface area (Å²) in [5, 5.41) is 3.06. The lowest BCUT2D eigenvalue weighted by atomic mass is 9.71. The van der Waals surface area contributed by atoms with Crippen molar-refractivity contribution >= 4 is 23.1 Å². The smallest absolute Gasteiger partial charge is 0.234 e. The number of aliphatic imine (C=N–C) groups is 1. The van der Waals surface area contributed by atoms with Crippen LogP contribution in [0.15, 0.2) is 64.8 Å². The van der Waals surface area contributed by atoms with Crippen molar-refractivity contribution in [2.75, 3.05) is 12.4 Å². The van der Waals surface area contributed by atoms with Gasteiger partial charge in [-0.25, -0.2) is 0 Å². The van der Waals surface area contributed by atoms with Crippen LogP contribution in [0.25, 0.3) is 0 Å². The van der Waals surface area contributed by atoms with E-state index in [0.717, 1.165) is 41.1 Å². The van der Waals surface area contributed by atoms with Crippen molar-refractivity contribution in [1.82, 2.24) is 0 Å². The number of carbonyl (C=O) groups is 2. The predicted octanol–water partition coefficient (Wildman–Crippen LogP) is 4.82.